The fourth-order valence-corrected chi connectivity index (χ4v) is 3.23. The van der Waals surface area contributed by atoms with Crippen LogP contribution in [0.15, 0.2) is 42.0 Å². The third-order valence-corrected chi connectivity index (χ3v) is 4.69. The first-order chi connectivity index (χ1) is 13.3. The van der Waals surface area contributed by atoms with Crippen LogP contribution in [0.2, 0.25) is 0 Å². The summed E-state index contributed by atoms with van der Waals surface area (Å²) in [4.78, 5) is 38.0. The number of carbonyl (C=O) groups is 3. The highest BCUT2D eigenvalue weighted by Gasteiger charge is 2.36. The van der Waals surface area contributed by atoms with Gasteiger partial charge in [-0.2, -0.15) is 0 Å². The van der Waals surface area contributed by atoms with Crippen molar-refractivity contribution in [3.05, 3.63) is 51.1 Å². The van der Waals surface area contributed by atoms with E-state index in [1.807, 2.05) is 22.6 Å². The Morgan fingerprint density at radius 3 is 2.46 bits per heavy atom. The van der Waals surface area contributed by atoms with Gasteiger partial charge in [0.05, 0.1) is 15.9 Å². The predicted molar refractivity (Wildman–Crippen MR) is 109 cm³/mol. The number of anilines is 1. The minimum Gasteiger partial charge on any atom is -0.508 e. The lowest BCUT2D eigenvalue weighted by atomic mass is 10.1. The molecule has 9 heteroatoms. The van der Waals surface area contributed by atoms with Crippen molar-refractivity contribution in [2.45, 2.75) is 6.92 Å². The molecule has 0 unspecified atom stereocenters. The zero-order chi connectivity index (χ0) is 20.4. The summed E-state index contributed by atoms with van der Waals surface area (Å²) >= 11 is 1.91. The average molecular weight is 494 g/mol. The lowest BCUT2D eigenvalue weighted by Crippen LogP contribution is -2.54. The number of carbonyl (C=O) groups excluding carboxylic acids is 3. The maximum absolute atomic E-state index is 12.8. The largest absolute Gasteiger partial charge is 0.508 e. The number of hydrogen-bond donors (Lipinski definition) is 3. The summed E-state index contributed by atoms with van der Waals surface area (Å²) in [6.45, 7) is 2.09. The zero-order valence-electron chi connectivity index (χ0n) is 14.6. The maximum atomic E-state index is 12.8. The number of phenolic OH excluding ortho intramolecular Hbond substituents is 2. The highest BCUT2D eigenvalue weighted by molar-refractivity contribution is 14.1. The van der Waals surface area contributed by atoms with Gasteiger partial charge in [-0.25, -0.2) is 9.69 Å². The number of benzene rings is 2. The normalized spacial score (nSPS) is 15.7. The first-order valence-electron chi connectivity index (χ1n) is 8.17. The first-order valence-corrected chi connectivity index (χ1v) is 9.25. The van der Waals surface area contributed by atoms with E-state index in [2.05, 4.69) is 5.32 Å². The summed E-state index contributed by atoms with van der Waals surface area (Å²) in [6.07, 6.45) is 1.32. The van der Waals surface area contributed by atoms with Gasteiger partial charge < -0.3 is 14.9 Å². The molecule has 0 bridgehead atoms. The van der Waals surface area contributed by atoms with Gasteiger partial charge in [0.15, 0.2) is 11.5 Å². The summed E-state index contributed by atoms with van der Waals surface area (Å²) in [5.74, 6) is -1.48. The Labute approximate surface area is 173 Å². The van der Waals surface area contributed by atoms with Crippen molar-refractivity contribution in [3.63, 3.8) is 0 Å². The quantitative estimate of drug-likeness (QED) is 0.342. The Morgan fingerprint density at radius 2 is 1.82 bits per heavy atom. The van der Waals surface area contributed by atoms with E-state index >= 15 is 0 Å². The Bertz CT molecular complexity index is 1000. The molecule has 1 saturated heterocycles. The van der Waals surface area contributed by atoms with Crippen LogP contribution < -0.4 is 15.0 Å². The minimum absolute atomic E-state index is 0.0254. The minimum atomic E-state index is -0.881. The van der Waals surface area contributed by atoms with Gasteiger partial charge >= 0.3 is 6.03 Å². The molecule has 2 aromatic rings. The molecular formula is C19H15IN2O6. The van der Waals surface area contributed by atoms with Crippen molar-refractivity contribution in [1.29, 1.82) is 0 Å². The number of urea groups is 1. The van der Waals surface area contributed by atoms with Gasteiger partial charge in [0, 0.05) is 0 Å². The van der Waals surface area contributed by atoms with Crippen molar-refractivity contribution in [2.75, 3.05) is 11.5 Å². The van der Waals surface area contributed by atoms with Crippen molar-refractivity contribution < 1.29 is 29.3 Å². The van der Waals surface area contributed by atoms with Gasteiger partial charge in [-0.1, -0.05) is 0 Å². The lowest BCUT2D eigenvalue weighted by Gasteiger charge is -2.26. The van der Waals surface area contributed by atoms with Crippen LogP contribution in [0.1, 0.15) is 12.5 Å². The molecule has 8 nitrogen and oxygen atoms in total. The molecule has 2 aromatic carbocycles. The number of hydrogen-bond acceptors (Lipinski definition) is 6. The number of rotatable bonds is 4. The topological polar surface area (TPSA) is 116 Å². The molecule has 28 heavy (non-hydrogen) atoms. The number of aromatic hydroxyl groups is 2. The summed E-state index contributed by atoms with van der Waals surface area (Å²) < 4.78 is 5.84. The predicted octanol–water partition coefficient (Wildman–Crippen LogP) is 2.77. The Balaban J connectivity index is 2.03. The second-order valence-electron chi connectivity index (χ2n) is 5.76. The maximum Gasteiger partial charge on any atom is 0.335 e. The van der Waals surface area contributed by atoms with Crippen LogP contribution >= 0.6 is 22.6 Å². The molecule has 3 N–H and O–H groups in total. The summed E-state index contributed by atoms with van der Waals surface area (Å²) in [5, 5.41) is 21.6. The highest BCUT2D eigenvalue weighted by atomic mass is 127. The average Bonchev–Trinajstić information content (AvgIpc) is 2.64. The van der Waals surface area contributed by atoms with Crippen LogP contribution in [-0.2, 0) is 9.59 Å². The molecule has 0 aromatic heterocycles. The number of halogens is 1. The van der Waals surface area contributed by atoms with Crippen LogP contribution in [0.5, 0.6) is 17.2 Å². The molecule has 1 aliphatic rings. The van der Waals surface area contributed by atoms with E-state index in [0.29, 0.717) is 15.7 Å². The fraction of sp³-hybridized carbons (Fsp3) is 0.105. The van der Waals surface area contributed by atoms with E-state index in [1.54, 1.807) is 13.0 Å². The second kappa shape index (κ2) is 7.89. The van der Waals surface area contributed by atoms with Gasteiger partial charge in [-0.15, -0.1) is 0 Å². The van der Waals surface area contributed by atoms with Crippen molar-refractivity contribution in [1.82, 2.24) is 5.32 Å². The first kappa shape index (κ1) is 19.7. The second-order valence-corrected chi connectivity index (χ2v) is 6.92. The molecule has 3 rings (SSSR count). The number of nitrogens with zero attached hydrogens (tertiary/aromatic N) is 1. The summed E-state index contributed by atoms with van der Waals surface area (Å²) in [6, 6.07) is 7.61. The summed E-state index contributed by atoms with van der Waals surface area (Å²) in [5.41, 5.74) is 0.398. The molecular weight excluding hydrogens is 479 g/mol. The van der Waals surface area contributed by atoms with E-state index in [0.717, 1.165) is 4.90 Å². The van der Waals surface area contributed by atoms with Crippen LogP contribution in [0.25, 0.3) is 6.08 Å². The molecule has 1 aliphatic heterocycles. The highest BCUT2D eigenvalue weighted by Crippen LogP contribution is 2.34. The van der Waals surface area contributed by atoms with E-state index in [-0.39, 0.29) is 28.5 Å². The molecule has 0 atom stereocenters. The van der Waals surface area contributed by atoms with Crippen LogP contribution in [0.4, 0.5) is 10.5 Å². The van der Waals surface area contributed by atoms with Crippen LogP contribution in [-0.4, -0.2) is 34.7 Å². The van der Waals surface area contributed by atoms with Gasteiger partial charge in [0.1, 0.15) is 11.3 Å². The van der Waals surface area contributed by atoms with Gasteiger partial charge in [-0.3, -0.25) is 14.9 Å². The molecule has 1 fully saturated rings. The van der Waals surface area contributed by atoms with Gasteiger partial charge in [-0.05, 0) is 77.6 Å². The number of amides is 4. The number of nitrogens with one attached hydrogen (secondary N) is 1. The van der Waals surface area contributed by atoms with E-state index in [4.69, 9.17) is 4.74 Å². The Morgan fingerprint density at radius 1 is 1.14 bits per heavy atom. The number of ether oxygens (including phenoxy) is 1. The van der Waals surface area contributed by atoms with Crippen molar-refractivity contribution in [3.8, 4) is 17.2 Å². The smallest absolute Gasteiger partial charge is 0.335 e. The third kappa shape index (κ3) is 3.79. The van der Waals surface area contributed by atoms with Crippen molar-refractivity contribution in [2.24, 2.45) is 0 Å². The third-order valence-electron chi connectivity index (χ3n) is 3.87. The molecule has 4 amide bonds. The fourth-order valence-electron chi connectivity index (χ4n) is 2.60. The molecule has 144 valence electrons. The summed E-state index contributed by atoms with van der Waals surface area (Å²) in [7, 11) is 0. The van der Waals surface area contributed by atoms with Crippen LogP contribution in [0, 0.1) is 3.57 Å². The van der Waals surface area contributed by atoms with Crippen molar-refractivity contribution >= 4 is 52.2 Å². The number of imide groups is 2. The zero-order valence-corrected chi connectivity index (χ0v) is 16.8. The monoisotopic (exact) mass is 494 g/mol. The number of barbiturate groups is 1. The lowest BCUT2D eigenvalue weighted by molar-refractivity contribution is -0.122. The van der Waals surface area contributed by atoms with E-state index in [1.165, 1.54) is 36.4 Å². The molecule has 0 aliphatic carbocycles. The standard InChI is InChI=1S/C19H15IN2O6/c1-2-28-15-9-10(8-14(20)16(15)24)7-13-17(25)21-19(27)22(18(13)26)11-3-5-12(23)6-4-11/h3-9,23-24H,2H2,1H3,(H,21,25,27)/b13-7+. The van der Waals surface area contributed by atoms with Gasteiger partial charge in [0.25, 0.3) is 11.8 Å². The molecule has 0 spiro atoms. The SMILES string of the molecule is CCOc1cc(/C=C2\C(=O)NC(=O)N(c3ccc(O)cc3)C2=O)cc(I)c1O. The van der Waals surface area contributed by atoms with Gasteiger partial charge in [0.2, 0.25) is 0 Å². The number of phenols is 2. The van der Waals surface area contributed by atoms with E-state index in [9.17, 15) is 24.6 Å². The Kier molecular flexibility index (Phi) is 5.54. The molecule has 1 heterocycles. The van der Waals surface area contributed by atoms with E-state index < -0.39 is 17.8 Å². The molecule has 0 radical (unpaired) electrons. The molecule has 0 saturated carbocycles. The van der Waals surface area contributed by atoms with Crippen LogP contribution in [0.3, 0.4) is 0 Å². The Hall–Kier alpha value is -3.08.